The van der Waals surface area contributed by atoms with E-state index in [4.69, 9.17) is 4.74 Å². The predicted molar refractivity (Wildman–Crippen MR) is 149 cm³/mol. The third kappa shape index (κ3) is 7.39. The molecule has 0 saturated heterocycles. The quantitative estimate of drug-likeness (QED) is 0.187. The number of carbonyl (C=O) groups is 1. The number of benzene rings is 2. The standard InChI is InChI=1S/C27H31N7O4S/c1-18-16-26(33-32-18)30-25-17-24(20-6-10-22(11-7-20)38-15-5-14-34(3)4)29-27(31-25)39(36,37)23-12-8-21(9-13-23)28-19(2)35/h6-13,16-17H,5,14-15H2,1-4H3,(H,28,35)(H2,29,30,31,32,33). The fraction of sp³-hybridized carbons (Fsp3) is 0.259. The van der Waals surface area contributed by atoms with Gasteiger partial charge in [-0.3, -0.25) is 9.89 Å². The predicted octanol–water partition coefficient (Wildman–Crippen LogP) is 4.04. The Morgan fingerprint density at radius 1 is 1.03 bits per heavy atom. The molecule has 2 heterocycles. The first-order valence-electron chi connectivity index (χ1n) is 12.3. The summed E-state index contributed by atoms with van der Waals surface area (Å²) in [6.07, 6.45) is 0.899. The Kier molecular flexibility index (Phi) is 8.57. The normalized spacial score (nSPS) is 11.4. The highest BCUT2D eigenvalue weighted by Crippen LogP contribution is 2.28. The number of nitrogens with one attached hydrogen (secondary N) is 3. The molecule has 0 radical (unpaired) electrons. The number of carbonyl (C=O) groups excluding carboxylic acids is 1. The Bertz CT molecular complexity index is 1530. The van der Waals surface area contributed by atoms with Crippen LogP contribution in [0.2, 0.25) is 0 Å². The average molecular weight is 550 g/mol. The van der Waals surface area contributed by atoms with Gasteiger partial charge in [-0.15, -0.1) is 0 Å². The van der Waals surface area contributed by atoms with Crippen LogP contribution in [0.3, 0.4) is 0 Å². The van der Waals surface area contributed by atoms with E-state index >= 15 is 0 Å². The molecule has 12 heteroatoms. The zero-order chi connectivity index (χ0) is 28.0. The SMILES string of the molecule is CC(=O)Nc1ccc(S(=O)(=O)c2nc(Nc3cc(C)n[nH]3)cc(-c3ccc(OCCCN(C)C)cc3)n2)cc1. The van der Waals surface area contributed by atoms with E-state index in [1.807, 2.05) is 45.3 Å². The molecule has 4 aromatic rings. The van der Waals surface area contributed by atoms with Crippen LogP contribution in [0.4, 0.5) is 17.3 Å². The number of ether oxygens (including phenoxy) is 1. The highest BCUT2D eigenvalue weighted by molar-refractivity contribution is 7.91. The number of nitrogens with zero attached hydrogens (tertiary/aromatic N) is 4. The van der Waals surface area contributed by atoms with Gasteiger partial charge >= 0.3 is 0 Å². The molecule has 39 heavy (non-hydrogen) atoms. The molecule has 0 unspecified atom stereocenters. The lowest BCUT2D eigenvalue weighted by Gasteiger charge is -2.12. The second-order valence-corrected chi connectivity index (χ2v) is 11.1. The van der Waals surface area contributed by atoms with Crippen LogP contribution in [0.25, 0.3) is 11.3 Å². The molecule has 2 aromatic carbocycles. The van der Waals surface area contributed by atoms with Crippen molar-refractivity contribution in [3.63, 3.8) is 0 Å². The lowest BCUT2D eigenvalue weighted by atomic mass is 10.1. The highest BCUT2D eigenvalue weighted by atomic mass is 32.2. The van der Waals surface area contributed by atoms with Gasteiger partial charge in [-0.25, -0.2) is 18.4 Å². The van der Waals surface area contributed by atoms with E-state index in [-0.39, 0.29) is 21.8 Å². The van der Waals surface area contributed by atoms with Gasteiger partial charge in [-0.2, -0.15) is 5.10 Å². The smallest absolute Gasteiger partial charge is 0.254 e. The fourth-order valence-corrected chi connectivity index (χ4v) is 4.84. The summed E-state index contributed by atoms with van der Waals surface area (Å²) < 4.78 is 32.9. The molecule has 2 aromatic heterocycles. The van der Waals surface area contributed by atoms with Crippen LogP contribution >= 0.6 is 0 Å². The Morgan fingerprint density at radius 3 is 2.36 bits per heavy atom. The summed E-state index contributed by atoms with van der Waals surface area (Å²) in [4.78, 5) is 22.1. The summed E-state index contributed by atoms with van der Waals surface area (Å²) in [5, 5.41) is 12.3. The number of hydrogen-bond acceptors (Lipinski definition) is 9. The highest BCUT2D eigenvalue weighted by Gasteiger charge is 2.23. The molecule has 3 N–H and O–H groups in total. The Labute approximate surface area is 227 Å². The van der Waals surface area contributed by atoms with E-state index in [0.29, 0.717) is 35.1 Å². The van der Waals surface area contributed by atoms with Crippen molar-refractivity contribution in [1.82, 2.24) is 25.1 Å². The van der Waals surface area contributed by atoms with Crippen LogP contribution in [0.5, 0.6) is 5.75 Å². The second kappa shape index (κ2) is 12.0. The maximum Gasteiger partial charge on any atom is 0.254 e. The van der Waals surface area contributed by atoms with E-state index in [1.54, 1.807) is 12.1 Å². The minimum Gasteiger partial charge on any atom is -0.494 e. The van der Waals surface area contributed by atoms with Gasteiger partial charge in [0, 0.05) is 36.9 Å². The lowest BCUT2D eigenvalue weighted by molar-refractivity contribution is -0.114. The zero-order valence-electron chi connectivity index (χ0n) is 22.2. The van der Waals surface area contributed by atoms with Gasteiger partial charge in [0.25, 0.3) is 5.16 Å². The first-order chi connectivity index (χ1) is 18.6. The molecule has 0 spiro atoms. The largest absolute Gasteiger partial charge is 0.494 e. The molecule has 11 nitrogen and oxygen atoms in total. The van der Waals surface area contributed by atoms with E-state index in [1.165, 1.54) is 31.2 Å². The Hall–Kier alpha value is -4.29. The van der Waals surface area contributed by atoms with E-state index in [9.17, 15) is 13.2 Å². The van der Waals surface area contributed by atoms with Crippen molar-refractivity contribution in [3.8, 4) is 17.0 Å². The lowest BCUT2D eigenvalue weighted by Crippen LogP contribution is -2.15. The van der Waals surface area contributed by atoms with Gasteiger partial charge in [0.2, 0.25) is 15.7 Å². The number of aryl methyl sites for hydroxylation is 1. The van der Waals surface area contributed by atoms with Gasteiger partial charge in [0.1, 0.15) is 17.4 Å². The van der Waals surface area contributed by atoms with Crippen molar-refractivity contribution in [2.45, 2.75) is 30.3 Å². The molecule has 4 rings (SSSR count). The van der Waals surface area contributed by atoms with E-state index < -0.39 is 9.84 Å². The molecule has 0 atom stereocenters. The first-order valence-corrected chi connectivity index (χ1v) is 13.8. The maximum absolute atomic E-state index is 13.5. The molecule has 0 aliphatic rings. The summed E-state index contributed by atoms with van der Waals surface area (Å²) in [6, 6.07) is 16.6. The van der Waals surface area contributed by atoms with E-state index in [2.05, 4.69) is 35.7 Å². The van der Waals surface area contributed by atoms with Crippen molar-refractivity contribution >= 4 is 33.1 Å². The average Bonchev–Trinajstić information content (AvgIpc) is 3.31. The number of anilines is 3. The molecule has 0 aliphatic heterocycles. The molecular formula is C27H31N7O4S. The van der Waals surface area contributed by atoms with Gasteiger partial charge in [-0.05, 0) is 76.0 Å². The number of aromatic amines is 1. The summed E-state index contributed by atoms with van der Waals surface area (Å²) in [5.41, 5.74) is 2.35. The van der Waals surface area contributed by atoms with E-state index in [0.717, 1.165) is 18.7 Å². The Morgan fingerprint density at radius 2 is 1.74 bits per heavy atom. The minimum atomic E-state index is -4.08. The van der Waals surface area contributed by atoms with Crippen LogP contribution in [0, 0.1) is 6.92 Å². The second-order valence-electron chi connectivity index (χ2n) is 9.21. The van der Waals surface area contributed by atoms with Crippen molar-refractivity contribution in [1.29, 1.82) is 0 Å². The molecule has 204 valence electrons. The number of H-pyrrole nitrogens is 1. The van der Waals surface area contributed by atoms with Gasteiger partial charge in [0.15, 0.2) is 0 Å². The molecule has 0 aliphatic carbocycles. The van der Waals surface area contributed by atoms with Crippen molar-refractivity contribution in [3.05, 3.63) is 66.4 Å². The van der Waals surface area contributed by atoms with Crippen molar-refractivity contribution in [2.24, 2.45) is 0 Å². The Balaban J connectivity index is 1.65. The van der Waals surface area contributed by atoms with Crippen LogP contribution in [0.15, 0.2) is 70.7 Å². The minimum absolute atomic E-state index is 0.00133. The topological polar surface area (TPSA) is 142 Å². The molecule has 0 bridgehead atoms. The van der Waals surface area contributed by atoms with Gasteiger partial charge in [0.05, 0.1) is 22.9 Å². The van der Waals surface area contributed by atoms with Crippen molar-refractivity contribution < 1.29 is 17.9 Å². The van der Waals surface area contributed by atoms with Crippen LogP contribution in [0.1, 0.15) is 19.0 Å². The number of sulfone groups is 1. The number of aromatic nitrogens is 4. The zero-order valence-corrected chi connectivity index (χ0v) is 23.0. The fourth-order valence-electron chi connectivity index (χ4n) is 3.70. The summed E-state index contributed by atoms with van der Waals surface area (Å²) in [5.74, 6) is 1.30. The molecular weight excluding hydrogens is 518 g/mol. The maximum atomic E-state index is 13.5. The molecule has 0 saturated carbocycles. The molecule has 1 amide bonds. The van der Waals surface area contributed by atoms with Crippen LogP contribution in [-0.2, 0) is 14.6 Å². The number of amides is 1. The van der Waals surface area contributed by atoms with Gasteiger partial charge < -0.3 is 20.3 Å². The van der Waals surface area contributed by atoms with Gasteiger partial charge in [-0.1, -0.05) is 0 Å². The number of hydrogen-bond donors (Lipinski definition) is 3. The summed E-state index contributed by atoms with van der Waals surface area (Å²) in [6.45, 7) is 4.73. The number of rotatable bonds is 11. The third-order valence-electron chi connectivity index (χ3n) is 5.57. The summed E-state index contributed by atoms with van der Waals surface area (Å²) >= 11 is 0. The monoisotopic (exact) mass is 549 g/mol. The first kappa shape index (κ1) is 27.7. The third-order valence-corrected chi connectivity index (χ3v) is 7.12. The van der Waals surface area contributed by atoms with Crippen LogP contribution in [-0.4, -0.2) is 66.6 Å². The summed E-state index contributed by atoms with van der Waals surface area (Å²) in [7, 11) is -0.0513. The molecule has 0 fully saturated rings. The van der Waals surface area contributed by atoms with Crippen LogP contribution < -0.4 is 15.4 Å². The van der Waals surface area contributed by atoms with Crippen molar-refractivity contribution in [2.75, 3.05) is 37.9 Å².